The fourth-order valence-corrected chi connectivity index (χ4v) is 4.59. The summed E-state index contributed by atoms with van der Waals surface area (Å²) in [5, 5.41) is 3.92. The molecule has 1 aliphatic rings. The second-order valence-corrected chi connectivity index (χ2v) is 8.78. The third-order valence-electron chi connectivity index (χ3n) is 5.07. The Morgan fingerprint density at radius 1 is 1.19 bits per heavy atom. The highest BCUT2D eigenvalue weighted by Crippen LogP contribution is 2.29. The van der Waals surface area contributed by atoms with E-state index in [1.165, 1.54) is 16.7 Å². The first kappa shape index (κ1) is 22.2. The summed E-state index contributed by atoms with van der Waals surface area (Å²) in [5.74, 6) is 0.859. The summed E-state index contributed by atoms with van der Waals surface area (Å²) in [4.78, 5) is 42.9. The first-order valence-corrected chi connectivity index (χ1v) is 11.3. The van der Waals surface area contributed by atoms with Crippen LogP contribution in [0, 0.1) is 6.92 Å². The number of fused-ring (bicyclic) bond motifs is 1. The molecule has 0 atom stereocenters. The molecule has 3 amide bonds. The number of ether oxygens (including phenoxy) is 1. The third kappa shape index (κ3) is 4.31. The number of rotatable bonds is 7. The number of halogens is 1. The lowest BCUT2D eigenvalue weighted by molar-refractivity contribution is -0.124. The normalized spacial score (nSPS) is 13.7. The molecule has 3 aromatic rings. The lowest BCUT2D eigenvalue weighted by Crippen LogP contribution is -2.32. The van der Waals surface area contributed by atoms with Gasteiger partial charge in [-0.05, 0) is 49.2 Å². The molecule has 4 rings (SSSR count). The third-order valence-corrected chi connectivity index (χ3v) is 6.33. The molecule has 166 valence electrons. The molecule has 10 heteroatoms. The van der Waals surface area contributed by atoms with Crippen molar-refractivity contribution in [3.05, 3.63) is 57.3 Å². The number of benzene rings is 2. The number of imide groups is 1. The van der Waals surface area contributed by atoms with Crippen molar-refractivity contribution in [2.75, 3.05) is 26.0 Å². The second kappa shape index (κ2) is 9.22. The van der Waals surface area contributed by atoms with E-state index in [1.807, 2.05) is 25.1 Å². The van der Waals surface area contributed by atoms with Gasteiger partial charge in [-0.2, -0.15) is 0 Å². The maximum atomic E-state index is 13.5. The van der Waals surface area contributed by atoms with Crippen molar-refractivity contribution in [1.82, 2.24) is 19.8 Å². The number of aryl methyl sites for hydroxylation is 1. The highest BCUT2D eigenvalue weighted by molar-refractivity contribution is 7.99. The zero-order chi connectivity index (χ0) is 22.8. The van der Waals surface area contributed by atoms with Crippen molar-refractivity contribution in [2.24, 2.45) is 0 Å². The lowest BCUT2D eigenvalue weighted by atomic mass is 10.2. The summed E-state index contributed by atoms with van der Waals surface area (Å²) >= 11 is 7.50. The molecule has 0 aliphatic carbocycles. The van der Waals surface area contributed by atoms with Gasteiger partial charge in [0.1, 0.15) is 5.75 Å². The Labute approximate surface area is 193 Å². The predicted octanol–water partition coefficient (Wildman–Crippen LogP) is 3.39. The van der Waals surface area contributed by atoms with Crippen molar-refractivity contribution in [3.8, 4) is 11.4 Å². The molecule has 0 radical (unpaired) electrons. The van der Waals surface area contributed by atoms with Gasteiger partial charge < -0.3 is 10.1 Å². The number of hydrogen-bond acceptors (Lipinski definition) is 6. The summed E-state index contributed by atoms with van der Waals surface area (Å²) in [6, 6.07) is 10.2. The molecule has 0 spiro atoms. The minimum atomic E-state index is -0.375. The monoisotopic (exact) mass is 472 g/mol. The zero-order valence-corrected chi connectivity index (χ0v) is 19.1. The number of carbonyl (C=O) groups is 2. The van der Waals surface area contributed by atoms with Crippen LogP contribution in [-0.4, -0.2) is 52.3 Å². The fourth-order valence-electron chi connectivity index (χ4n) is 3.49. The minimum Gasteiger partial charge on any atom is -0.495 e. The molecule has 1 saturated heterocycles. The Hall–Kier alpha value is -3.04. The maximum Gasteiger partial charge on any atom is 0.324 e. The van der Waals surface area contributed by atoms with Gasteiger partial charge in [-0.15, -0.1) is 0 Å². The Morgan fingerprint density at radius 3 is 2.72 bits per heavy atom. The van der Waals surface area contributed by atoms with Crippen LogP contribution in [0.3, 0.4) is 0 Å². The molecular weight excluding hydrogens is 452 g/mol. The average Bonchev–Trinajstić information content (AvgIpc) is 3.08. The molecule has 2 aromatic carbocycles. The summed E-state index contributed by atoms with van der Waals surface area (Å²) < 4.78 is 7.05. The number of hydrogen-bond donors (Lipinski definition) is 1. The van der Waals surface area contributed by atoms with Crippen molar-refractivity contribution in [2.45, 2.75) is 18.5 Å². The van der Waals surface area contributed by atoms with Crippen molar-refractivity contribution < 1.29 is 14.3 Å². The van der Waals surface area contributed by atoms with Crippen LogP contribution < -0.4 is 15.6 Å². The first-order chi connectivity index (χ1) is 15.4. The van der Waals surface area contributed by atoms with Crippen LogP contribution in [0.4, 0.5) is 4.79 Å². The topological polar surface area (TPSA) is 93.5 Å². The number of methoxy groups -OCH3 is 1. The number of nitrogens with zero attached hydrogens (tertiary/aromatic N) is 3. The van der Waals surface area contributed by atoms with Gasteiger partial charge in [0.25, 0.3) is 5.56 Å². The number of nitrogens with one attached hydrogen (secondary N) is 1. The molecule has 2 heterocycles. The second-order valence-electron chi connectivity index (χ2n) is 7.28. The van der Waals surface area contributed by atoms with Gasteiger partial charge in [-0.1, -0.05) is 29.4 Å². The van der Waals surface area contributed by atoms with Crippen LogP contribution in [0.5, 0.6) is 5.75 Å². The molecule has 8 nitrogen and oxygen atoms in total. The smallest absolute Gasteiger partial charge is 0.324 e. The van der Waals surface area contributed by atoms with Crippen molar-refractivity contribution in [3.63, 3.8) is 0 Å². The Kier molecular flexibility index (Phi) is 6.38. The van der Waals surface area contributed by atoms with Gasteiger partial charge in [0, 0.05) is 17.3 Å². The largest absolute Gasteiger partial charge is 0.495 e. The number of carbonyl (C=O) groups excluding carboxylic acids is 2. The van der Waals surface area contributed by atoms with Gasteiger partial charge >= 0.3 is 6.03 Å². The molecule has 1 fully saturated rings. The van der Waals surface area contributed by atoms with Crippen molar-refractivity contribution in [1.29, 1.82) is 0 Å². The van der Waals surface area contributed by atoms with E-state index in [9.17, 15) is 14.4 Å². The highest BCUT2D eigenvalue weighted by atomic mass is 35.5. The van der Waals surface area contributed by atoms with E-state index in [0.29, 0.717) is 51.2 Å². The number of aromatic nitrogens is 2. The molecule has 32 heavy (non-hydrogen) atoms. The summed E-state index contributed by atoms with van der Waals surface area (Å²) in [7, 11) is 1.55. The van der Waals surface area contributed by atoms with Gasteiger partial charge in [-0.3, -0.25) is 19.1 Å². The number of amides is 3. The summed E-state index contributed by atoms with van der Waals surface area (Å²) in [5.41, 5.74) is 1.84. The van der Waals surface area contributed by atoms with E-state index in [-0.39, 0.29) is 24.0 Å². The molecule has 0 unspecified atom stereocenters. The molecule has 1 aliphatic heterocycles. The van der Waals surface area contributed by atoms with Crippen LogP contribution in [-0.2, 0) is 4.79 Å². The van der Waals surface area contributed by atoms with Crippen molar-refractivity contribution >= 4 is 46.2 Å². The van der Waals surface area contributed by atoms with E-state index < -0.39 is 0 Å². The fraction of sp³-hybridized carbons (Fsp3) is 0.273. The van der Waals surface area contributed by atoms with E-state index >= 15 is 0 Å². The molecule has 1 aromatic heterocycles. The van der Waals surface area contributed by atoms with Crippen LogP contribution >= 0.6 is 23.4 Å². The Morgan fingerprint density at radius 2 is 2.00 bits per heavy atom. The molecular formula is C22H21ClN4O4S. The number of thioether (sulfide) groups is 1. The molecule has 0 saturated carbocycles. The molecule has 1 N–H and O–H groups in total. The standard InChI is InChI=1S/C22H21ClN4O4S/c1-13-4-7-18(31-2)17(10-13)27-20(29)15-6-5-14(23)11-16(15)25-22(27)32-9-3-8-26-19(28)12-24-21(26)30/h4-7,10-11H,3,8-9,12H2,1-2H3,(H,24,30). The number of urea groups is 1. The predicted molar refractivity (Wildman–Crippen MR) is 124 cm³/mol. The van der Waals surface area contributed by atoms with Crippen LogP contribution in [0.2, 0.25) is 5.02 Å². The van der Waals surface area contributed by atoms with Crippen LogP contribution in [0.15, 0.2) is 46.3 Å². The van der Waals surface area contributed by atoms with Gasteiger partial charge in [0.05, 0.1) is 30.2 Å². The van der Waals surface area contributed by atoms with E-state index in [1.54, 1.807) is 29.9 Å². The zero-order valence-electron chi connectivity index (χ0n) is 17.6. The summed E-state index contributed by atoms with van der Waals surface area (Å²) in [6.07, 6.45) is 0.554. The average molecular weight is 473 g/mol. The van der Waals surface area contributed by atoms with Gasteiger partial charge in [0.15, 0.2) is 5.16 Å². The van der Waals surface area contributed by atoms with Gasteiger partial charge in [-0.25, -0.2) is 9.78 Å². The van der Waals surface area contributed by atoms with Gasteiger partial charge in [0.2, 0.25) is 5.91 Å². The summed E-state index contributed by atoms with van der Waals surface area (Å²) in [6.45, 7) is 2.27. The van der Waals surface area contributed by atoms with E-state index in [2.05, 4.69) is 5.32 Å². The quantitative estimate of drug-likeness (QED) is 0.245. The first-order valence-electron chi connectivity index (χ1n) is 9.97. The lowest BCUT2D eigenvalue weighted by Gasteiger charge is -2.17. The minimum absolute atomic E-state index is 0.0334. The van der Waals surface area contributed by atoms with Crippen LogP contribution in [0.1, 0.15) is 12.0 Å². The highest BCUT2D eigenvalue weighted by Gasteiger charge is 2.27. The van der Waals surface area contributed by atoms with E-state index in [4.69, 9.17) is 21.3 Å². The SMILES string of the molecule is COc1ccc(C)cc1-n1c(SCCCN2C(=O)CNC2=O)nc2cc(Cl)ccc2c1=O. The van der Waals surface area contributed by atoms with Crippen LogP contribution in [0.25, 0.3) is 16.6 Å². The van der Waals surface area contributed by atoms with E-state index in [0.717, 1.165) is 5.56 Å². The molecule has 0 bridgehead atoms. The Balaban J connectivity index is 1.71. The Bertz CT molecular complexity index is 1260. The maximum absolute atomic E-state index is 13.5.